The van der Waals surface area contributed by atoms with Crippen LogP contribution in [0.2, 0.25) is 10.0 Å². The van der Waals surface area contributed by atoms with Gasteiger partial charge in [-0.15, -0.1) is 0 Å². The summed E-state index contributed by atoms with van der Waals surface area (Å²) in [6, 6.07) is 7.47. The second-order valence-electron chi connectivity index (χ2n) is 3.46. The SMILES string of the molecule is Nc1ccc([N+](=O)[O-])c(-c2cccc(Cl)c2Cl)n1. The molecule has 0 saturated carbocycles. The average Bonchev–Trinajstić information content (AvgIpc) is 2.32. The topological polar surface area (TPSA) is 82.0 Å². The van der Waals surface area contributed by atoms with Crippen LogP contribution in [0.15, 0.2) is 30.3 Å². The number of nitro groups is 1. The molecule has 0 spiro atoms. The van der Waals surface area contributed by atoms with Crippen LogP contribution >= 0.6 is 23.2 Å². The minimum Gasteiger partial charge on any atom is -0.384 e. The van der Waals surface area contributed by atoms with Crippen molar-refractivity contribution in [3.8, 4) is 11.3 Å². The van der Waals surface area contributed by atoms with Crippen LogP contribution in [-0.4, -0.2) is 9.91 Å². The van der Waals surface area contributed by atoms with E-state index in [2.05, 4.69) is 4.98 Å². The Morgan fingerprint density at radius 3 is 2.61 bits per heavy atom. The van der Waals surface area contributed by atoms with Crippen molar-refractivity contribution < 1.29 is 4.92 Å². The van der Waals surface area contributed by atoms with E-state index in [1.165, 1.54) is 12.1 Å². The van der Waals surface area contributed by atoms with Crippen molar-refractivity contribution in [1.82, 2.24) is 4.98 Å². The van der Waals surface area contributed by atoms with E-state index in [9.17, 15) is 10.1 Å². The summed E-state index contributed by atoms with van der Waals surface area (Å²) in [5.74, 6) is 0.173. The van der Waals surface area contributed by atoms with Crippen molar-refractivity contribution in [2.24, 2.45) is 0 Å². The zero-order valence-electron chi connectivity index (χ0n) is 8.93. The first-order valence-corrected chi connectivity index (χ1v) is 5.61. The van der Waals surface area contributed by atoms with Gasteiger partial charge in [0.25, 0.3) is 5.69 Å². The molecule has 0 amide bonds. The maximum absolute atomic E-state index is 11.0. The van der Waals surface area contributed by atoms with E-state index in [1.807, 2.05) is 0 Å². The Hall–Kier alpha value is -1.85. The summed E-state index contributed by atoms with van der Waals surface area (Å²) >= 11 is 11.9. The lowest BCUT2D eigenvalue weighted by Gasteiger charge is -2.06. The largest absolute Gasteiger partial charge is 0.384 e. The smallest absolute Gasteiger partial charge is 0.295 e. The number of aromatic nitrogens is 1. The predicted molar refractivity (Wildman–Crippen MR) is 70.8 cm³/mol. The maximum Gasteiger partial charge on any atom is 0.295 e. The summed E-state index contributed by atoms with van der Waals surface area (Å²) < 4.78 is 0. The first-order valence-electron chi connectivity index (χ1n) is 4.86. The Morgan fingerprint density at radius 2 is 1.94 bits per heavy atom. The van der Waals surface area contributed by atoms with E-state index >= 15 is 0 Å². The molecule has 0 aliphatic heterocycles. The van der Waals surface area contributed by atoms with Crippen LogP contribution in [0, 0.1) is 10.1 Å². The molecule has 2 rings (SSSR count). The number of nitrogen functional groups attached to an aromatic ring is 1. The molecule has 18 heavy (non-hydrogen) atoms. The summed E-state index contributed by atoms with van der Waals surface area (Å²) in [6.45, 7) is 0. The van der Waals surface area contributed by atoms with Gasteiger partial charge in [-0.2, -0.15) is 0 Å². The van der Waals surface area contributed by atoms with Crippen molar-refractivity contribution >= 4 is 34.7 Å². The highest BCUT2D eigenvalue weighted by atomic mass is 35.5. The molecule has 1 aromatic carbocycles. The van der Waals surface area contributed by atoms with Gasteiger partial charge in [0.2, 0.25) is 0 Å². The molecule has 1 aromatic heterocycles. The Balaban J connectivity index is 2.73. The van der Waals surface area contributed by atoms with Crippen molar-refractivity contribution in [2.45, 2.75) is 0 Å². The number of hydrogen-bond donors (Lipinski definition) is 1. The molecule has 0 aliphatic rings. The van der Waals surface area contributed by atoms with E-state index in [-0.39, 0.29) is 22.2 Å². The standard InChI is InChI=1S/C11H7Cl2N3O2/c12-7-3-1-2-6(10(7)13)11-8(16(17)18)4-5-9(14)15-11/h1-5H,(H2,14,15). The highest BCUT2D eigenvalue weighted by Crippen LogP contribution is 2.37. The summed E-state index contributed by atoms with van der Waals surface area (Å²) in [5, 5.41) is 11.5. The highest BCUT2D eigenvalue weighted by Gasteiger charge is 2.20. The van der Waals surface area contributed by atoms with Gasteiger partial charge in [0.05, 0.1) is 15.0 Å². The summed E-state index contributed by atoms with van der Waals surface area (Å²) in [7, 11) is 0. The summed E-state index contributed by atoms with van der Waals surface area (Å²) in [6.07, 6.45) is 0. The first kappa shape index (κ1) is 12.6. The molecule has 5 nitrogen and oxygen atoms in total. The fraction of sp³-hybridized carbons (Fsp3) is 0. The number of hydrogen-bond acceptors (Lipinski definition) is 4. The number of nitrogens with zero attached hydrogens (tertiary/aromatic N) is 2. The molecule has 92 valence electrons. The van der Waals surface area contributed by atoms with Crippen molar-refractivity contribution in [1.29, 1.82) is 0 Å². The normalized spacial score (nSPS) is 10.3. The molecule has 0 bridgehead atoms. The zero-order valence-corrected chi connectivity index (χ0v) is 10.4. The van der Waals surface area contributed by atoms with E-state index in [0.29, 0.717) is 10.6 Å². The molecule has 7 heteroatoms. The Kier molecular flexibility index (Phi) is 3.36. The third-order valence-corrected chi connectivity index (χ3v) is 3.12. The van der Waals surface area contributed by atoms with E-state index in [0.717, 1.165) is 0 Å². The molecule has 0 radical (unpaired) electrons. The molecule has 2 N–H and O–H groups in total. The van der Waals surface area contributed by atoms with Crippen molar-refractivity contribution in [3.05, 3.63) is 50.5 Å². The number of halogens is 2. The predicted octanol–water partition coefficient (Wildman–Crippen LogP) is 3.55. The van der Waals surface area contributed by atoms with Gasteiger partial charge in [-0.1, -0.05) is 35.3 Å². The van der Waals surface area contributed by atoms with Crippen LogP contribution in [-0.2, 0) is 0 Å². The third-order valence-electron chi connectivity index (χ3n) is 2.30. The Bertz CT molecular complexity index is 632. The molecule has 1 heterocycles. The van der Waals surface area contributed by atoms with E-state index in [4.69, 9.17) is 28.9 Å². The van der Waals surface area contributed by atoms with E-state index in [1.54, 1.807) is 18.2 Å². The lowest BCUT2D eigenvalue weighted by Crippen LogP contribution is -1.98. The number of benzene rings is 1. The second-order valence-corrected chi connectivity index (χ2v) is 4.25. The minimum atomic E-state index is -0.543. The van der Waals surface area contributed by atoms with Gasteiger partial charge >= 0.3 is 0 Å². The molecule has 2 aromatic rings. The van der Waals surface area contributed by atoms with Crippen molar-refractivity contribution in [3.63, 3.8) is 0 Å². The lowest BCUT2D eigenvalue weighted by molar-refractivity contribution is -0.384. The minimum absolute atomic E-state index is 0.104. The molecular formula is C11H7Cl2N3O2. The molecule has 0 saturated heterocycles. The van der Waals surface area contributed by atoms with Gasteiger partial charge in [-0.3, -0.25) is 10.1 Å². The van der Waals surface area contributed by atoms with Gasteiger partial charge in [-0.25, -0.2) is 4.98 Å². The van der Waals surface area contributed by atoms with Crippen molar-refractivity contribution in [2.75, 3.05) is 5.73 Å². The number of anilines is 1. The monoisotopic (exact) mass is 283 g/mol. The van der Waals surface area contributed by atoms with Crippen LogP contribution in [0.5, 0.6) is 0 Å². The number of rotatable bonds is 2. The highest BCUT2D eigenvalue weighted by molar-refractivity contribution is 6.43. The molecule has 0 atom stereocenters. The summed E-state index contributed by atoms with van der Waals surface area (Å²) in [5.41, 5.74) is 5.85. The quantitative estimate of drug-likeness (QED) is 0.675. The van der Waals surface area contributed by atoms with Gasteiger partial charge in [-0.05, 0) is 12.1 Å². The van der Waals surface area contributed by atoms with Gasteiger partial charge < -0.3 is 5.73 Å². The molecular weight excluding hydrogens is 277 g/mol. The first-order chi connectivity index (χ1) is 8.50. The molecule has 0 aliphatic carbocycles. The van der Waals surface area contributed by atoms with E-state index < -0.39 is 4.92 Å². The van der Waals surface area contributed by atoms with Crippen LogP contribution < -0.4 is 5.73 Å². The number of pyridine rings is 1. The second kappa shape index (κ2) is 4.80. The lowest BCUT2D eigenvalue weighted by atomic mass is 10.1. The van der Waals surface area contributed by atoms with Crippen LogP contribution in [0.25, 0.3) is 11.3 Å². The van der Waals surface area contributed by atoms with Crippen LogP contribution in [0.1, 0.15) is 0 Å². The Morgan fingerprint density at radius 1 is 1.22 bits per heavy atom. The zero-order chi connectivity index (χ0) is 13.3. The fourth-order valence-corrected chi connectivity index (χ4v) is 1.89. The number of nitrogens with two attached hydrogens (primary N) is 1. The maximum atomic E-state index is 11.0. The van der Waals surface area contributed by atoms with Crippen LogP contribution in [0.4, 0.5) is 11.5 Å². The van der Waals surface area contributed by atoms with Gasteiger partial charge in [0.15, 0.2) is 5.69 Å². The fourth-order valence-electron chi connectivity index (χ4n) is 1.50. The van der Waals surface area contributed by atoms with Gasteiger partial charge in [0.1, 0.15) is 5.82 Å². The van der Waals surface area contributed by atoms with Gasteiger partial charge in [0, 0.05) is 11.6 Å². The Labute approximate surface area is 112 Å². The average molecular weight is 284 g/mol. The summed E-state index contributed by atoms with van der Waals surface area (Å²) in [4.78, 5) is 14.4. The third kappa shape index (κ3) is 2.23. The van der Waals surface area contributed by atoms with Crippen LogP contribution in [0.3, 0.4) is 0 Å². The molecule has 0 fully saturated rings. The molecule has 0 unspecified atom stereocenters.